The van der Waals surface area contributed by atoms with Crippen molar-refractivity contribution in [3.05, 3.63) is 0 Å². The molecule has 0 bridgehead atoms. The van der Waals surface area contributed by atoms with Crippen molar-refractivity contribution >= 4 is 25.8 Å². The molecule has 0 aromatic heterocycles. The predicted octanol–water partition coefficient (Wildman–Crippen LogP) is -0.461. The van der Waals surface area contributed by atoms with E-state index < -0.39 is 15.9 Å². The molecule has 3 nitrogen and oxygen atoms in total. The van der Waals surface area contributed by atoms with Crippen molar-refractivity contribution in [2.75, 3.05) is 11.5 Å². The molecule has 1 aliphatic heterocycles. The first-order valence-corrected chi connectivity index (χ1v) is 5.27. The molecular formula is C4H7BrO3S. The van der Waals surface area contributed by atoms with Crippen LogP contribution in [0.4, 0.5) is 0 Å². The molecule has 0 aliphatic carbocycles. The van der Waals surface area contributed by atoms with E-state index >= 15 is 0 Å². The highest BCUT2D eigenvalue weighted by Gasteiger charge is 2.34. The molecule has 9 heavy (non-hydrogen) atoms. The Labute approximate surface area is 62.1 Å². The van der Waals surface area contributed by atoms with Crippen LogP contribution in [0.2, 0.25) is 0 Å². The van der Waals surface area contributed by atoms with Crippen LogP contribution in [0.5, 0.6) is 0 Å². The van der Waals surface area contributed by atoms with Crippen molar-refractivity contribution in [2.45, 2.75) is 10.9 Å². The van der Waals surface area contributed by atoms with E-state index in [4.69, 9.17) is 5.11 Å². The van der Waals surface area contributed by atoms with Gasteiger partial charge in [0, 0.05) is 0 Å². The zero-order valence-corrected chi connectivity index (χ0v) is 7.02. The van der Waals surface area contributed by atoms with Crippen molar-refractivity contribution in [3.8, 4) is 0 Å². The van der Waals surface area contributed by atoms with Crippen LogP contribution in [0.25, 0.3) is 0 Å². The maximum atomic E-state index is 10.7. The van der Waals surface area contributed by atoms with Crippen LogP contribution in [0.15, 0.2) is 0 Å². The van der Waals surface area contributed by atoms with Gasteiger partial charge in [0.05, 0.1) is 22.4 Å². The molecule has 1 heterocycles. The number of rotatable bonds is 0. The maximum absolute atomic E-state index is 10.7. The van der Waals surface area contributed by atoms with E-state index in [0.29, 0.717) is 0 Å². The fourth-order valence-corrected chi connectivity index (χ4v) is 4.02. The summed E-state index contributed by atoms with van der Waals surface area (Å²) in [6, 6.07) is 0. The monoisotopic (exact) mass is 214 g/mol. The lowest BCUT2D eigenvalue weighted by molar-refractivity contribution is 0.209. The average Bonchev–Trinajstić information content (AvgIpc) is 1.79. The summed E-state index contributed by atoms with van der Waals surface area (Å²) in [4.78, 5) is -0.262. The Morgan fingerprint density at radius 2 is 2.00 bits per heavy atom. The molecule has 1 N–H and O–H groups in total. The molecule has 1 rings (SSSR count). The van der Waals surface area contributed by atoms with Gasteiger partial charge in [0.25, 0.3) is 0 Å². The zero-order chi connectivity index (χ0) is 7.07. The maximum Gasteiger partial charge on any atom is 0.154 e. The minimum Gasteiger partial charge on any atom is -0.391 e. The van der Waals surface area contributed by atoms with Gasteiger partial charge in [-0.1, -0.05) is 15.9 Å². The molecule has 2 atom stereocenters. The van der Waals surface area contributed by atoms with Gasteiger partial charge in [-0.2, -0.15) is 0 Å². The van der Waals surface area contributed by atoms with E-state index in [2.05, 4.69) is 15.9 Å². The van der Waals surface area contributed by atoms with Crippen molar-refractivity contribution in [3.63, 3.8) is 0 Å². The number of halogens is 1. The van der Waals surface area contributed by atoms with Gasteiger partial charge in [0.2, 0.25) is 0 Å². The van der Waals surface area contributed by atoms with Gasteiger partial charge < -0.3 is 5.11 Å². The Balaban J connectivity index is 2.77. The number of hydrogen-bond donors (Lipinski definition) is 1. The molecule has 0 aromatic carbocycles. The minimum atomic E-state index is -2.94. The molecule has 0 spiro atoms. The zero-order valence-electron chi connectivity index (χ0n) is 4.62. The Kier molecular flexibility index (Phi) is 1.84. The van der Waals surface area contributed by atoms with Crippen LogP contribution >= 0.6 is 15.9 Å². The number of aliphatic hydroxyl groups excluding tert-OH is 1. The third-order valence-electron chi connectivity index (χ3n) is 1.26. The lowest BCUT2D eigenvalue weighted by Gasteiger charge is -1.99. The summed E-state index contributed by atoms with van der Waals surface area (Å²) in [6.07, 6.45) is -0.713. The van der Waals surface area contributed by atoms with E-state index in [1.165, 1.54) is 0 Å². The second kappa shape index (κ2) is 2.21. The average molecular weight is 215 g/mol. The fourth-order valence-electron chi connectivity index (χ4n) is 0.786. The smallest absolute Gasteiger partial charge is 0.154 e. The number of aliphatic hydroxyl groups is 1. The van der Waals surface area contributed by atoms with Crippen LogP contribution in [0.1, 0.15) is 0 Å². The molecule has 1 saturated heterocycles. The van der Waals surface area contributed by atoms with Crippen LogP contribution in [-0.2, 0) is 9.84 Å². The summed E-state index contributed by atoms with van der Waals surface area (Å²) in [7, 11) is -2.94. The first kappa shape index (κ1) is 7.50. The van der Waals surface area contributed by atoms with E-state index in [1.807, 2.05) is 0 Å². The molecule has 0 aromatic rings. The van der Waals surface area contributed by atoms with E-state index in [1.54, 1.807) is 0 Å². The van der Waals surface area contributed by atoms with Crippen LogP contribution in [0.3, 0.4) is 0 Å². The van der Waals surface area contributed by atoms with Gasteiger partial charge in [0.1, 0.15) is 0 Å². The molecule has 5 heteroatoms. The molecule has 1 fully saturated rings. The standard InChI is InChI=1S/C4H7BrO3S/c5-3-1-9(7,8)2-4(3)6/h3-4,6H,1-2H2/t3-,4-/m0/s1. The van der Waals surface area contributed by atoms with E-state index in [9.17, 15) is 8.42 Å². The Bertz CT molecular complexity index is 182. The van der Waals surface area contributed by atoms with Crippen molar-refractivity contribution in [2.24, 2.45) is 0 Å². The summed E-state index contributed by atoms with van der Waals surface area (Å²) >= 11 is 3.05. The summed E-state index contributed by atoms with van der Waals surface area (Å²) in [5.74, 6) is -0.0307. The molecule has 0 amide bonds. The second-order valence-corrected chi connectivity index (χ2v) is 5.49. The van der Waals surface area contributed by atoms with Gasteiger partial charge in [-0.3, -0.25) is 0 Å². The van der Waals surface area contributed by atoms with Gasteiger partial charge in [-0.15, -0.1) is 0 Å². The molecule has 0 radical (unpaired) electrons. The highest BCUT2D eigenvalue weighted by Crippen LogP contribution is 2.18. The van der Waals surface area contributed by atoms with E-state index in [0.717, 1.165) is 0 Å². The minimum absolute atomic E-state index is 0.0637. The highest BCUT2D eigenvalue weighted by atomic mass is 79.9. The summed E-state index contributed by atoms with van der Waals surface area (Å²) in [6.45, 7) is 0. The summed E-state index contributed by atoms with van der Waals surface area (Å²) in [5.41, 5.74) is 0. The molecular weight excluding hydrogens is 208 g/mol. The normalized spacial score (nSPS) is 41.1. The molecule has 1 aliphatic rings. The van der Waals surface area contributed by atoms with Gasteiger partial charge >= 0.3 is 0 Å². The third-order valence-corrected chi connectivity index (χ3v) is 4.33. The van der Waals surface area contributed by atoms with Gasteiger partial charge in [-0.25, -0.2) is 8.42 Å². The Hall–Kier alpha value is 0.390. The van der Waals surface area contributed by atoms with Gasteiger partial charge in [0.15, 0.2) is 9.84 Å². The largest absolute Gasteiger partial charge is 0.391 e. The quantitative estimate of drug-likeness (QED) is 0.556. The number of sulfone groups is 1. The molecule has 0 unspecified atom stereocenters. The van der Waals surface area contributed by atoms with Crippen molar-refractivity contribution < 1.29 is 13.5 Å². The SMILES string of the molecule is O=S1(=O)C[C@H](O)[C@@H](Br)C1. The fraction of sp³-hybridized carbons (Fsp3) is 1.00. The van der Waals surface area contributed by atoms with Crippen LogP contribution < -0.4 is 0 Å². The summed E-state index contributed by atoms with van der Waals surface area (Å²) in [5, 5.41) is 8.91. The van der Waals surface area contributed by atoms with Crippen LogP contribution in [0, 0.1) is 0 Å². The molecule has 54 valence electrons. The third kappa shape index (κ3) is 1.65. The first-order chi connectivity index (χ1) is 4.01. The lowest BCUT2D eigenvalue weighted by atomic mass is 10.3. The van der Waals surface area contributed by atoms with Crippen molar-refractivity contribution in [1.82, 2.24) is 0 Å². The number of hydrogen-bond acceptors (Lipinski definition) is 3. The molecule has 0 saturated carbocycles. The second-order valence-electron chi connectivity index (χ2n) is 2.16. The van der Waals surface area contributed by atoms with E-state index in [-0.39, 0.29) is 16.3 Å². The Morgan fingerprint density at radius 1 is 1.44 bits per heavy atom. The Morgan fingerprint density at radius 3 is 2.11 bits per heavy atom. The van der Waals surface area contributed by atoms with Gasteiger partial charge in [-0.05, 0) is 0 Å². The topological polar surface area (TPSA) is 54.4 Å². The first-order valence-electron chi connectivity index (χ1n) is 2.54. The van der Waals surface area contributed by atoms with Crippen LogP contribution in [-0.4, -0.2) is 36.0 Å². The van der Waals surface area contributed by atoms with Crippen molar-refractivity contribution in [1.29, 1.82) is 0 Å². The highest BCUT2D eigenvalue weighted by molar-refractivity contribution is 9.09. The summed E-state index contributed by atoms with van der Waals surface area (Å²) < 4.78 is 21.3. The number of alkyl halides is 1. The predicted molar refractivity (Wildman–Crippen MR) is 37.4 cm³/mol. The lowest BCUT2D eigenvalue weighted by Crippen LogP contribution is -2.16.